The van der Waals surface area contributed by atoms with Gasteiger partial charge in [-0.05, 0) is 42.9 Å². The number of rotatable bonds is 4. The lowest BCUT2D eigenvalue weighted by atomic mass is 9.92. The van der Waals surface area contributed by atoms with E-state index in [4.69, 9.17) is 4.42 Å². The molecule has 0 aliphatic carbocycles. The molecular weight excluding hydrogens is 408 g/mol. The van der Waals surface area contributed by atoms with Crippen molar-refractivity contribution in [3.8, 4) is 11.1 Å². The molecule has 32 heavy (non-hydrogen) atoms. The number of nitrogens with zero attached hydrogens (tertiary/aromatic N) is 4. The number of nitrogens with one attached hydrogen (secondary N) is 2. The molecule has 1 saturated heterocycles. The molecule has 0 unspecified atom stereocenters. The third-order valence-electron chi connectivity index (χ3n) is 5.72. The van der Waals surface area contributed by atoms with Crippen molar-refractivity contribution in [2.45, 2.75) is 0 Å². The summed E-state index contributed by atoms with van der Waals surface area (Å²) >= 11 is 0. The summed E-state index contributed by atoms with van der Waals surface area (Å²) in [6, 6.07) is 10.9. The summed E-state index contributed by atoms with van der Waals surface area (Å²) in [7, 11) is 2.11. The summed E-state index contributed by atoms with van der Waals surface area (Å²) in [5, 5.41) is 14.0. The topological polar surface area (TPSA) is 104 Å². The van der Waals surface area contributed by atoms with Crippen molar-refractivity contribution < 1.29 is 14.0 Å². The minimum absolute atomic E-state index is 0.342. The lowest BCUT2D eigenvalue weighted by Gasteiger charge is -2.32. The molecule has 0 spiro atoms. The highest BCUT2D eigenvalue weighted by Crippen LogP contribution is 2.30. The second-order valence-corrected chi connectivity index (χ2v) is 7.83. The predicted molar refractivity (Wildman–Crippen MR) is 120 cm³/mol. The average molecular weight is 430 g/mol. The summed E-state index contributed by atoms with van der Waals surface area (Å²) in [6.45, 7) is 3.79. The maximum absolute atomic E-state index is 12.6. The number of amides is 2. The minimum Gasteiger partial charge on any atom is -0.472 e. The first kappa shape index (κ1) is 20.0. The van der Waals surface area contributed by atoms with Crippen LogP contribution in [0.1, 0.15) is 15.9 Å². The summed E-state index contributed by atoms with van der Waals surface area (Å²) < 4.78 is 5.15. The van der Waals surface area contributed by atoms with E-state index >= 15 is 0 Å². The molecule has 0 radical (unpaired) electrons. The number of hydrogen-bond donors (Lipinski definition) is 2. The number of carbonyl (C=O) groups excluding carboxylic acids is 2. The Balaban J connectivity index is 1.39. The van der Waals surface area contributed by atoms with Crippen molar-refractivity contribution in [1.29, 1.82) is 0 Å². The molecule has 9 heteroatoms. The fourth-order valence-corrected chi connectivity index (χ4v) is 3.83. The molecule has 2 aliphatic rings. The zero-order chi connectivity index (χ0) is 22.1. The fourth-order valence-electron chi connectivity index (χ4n) is 3.83. The number of benzene rings is 1. The van der Waals surface area contributed by atoms with Gasteiger partial charge in [0.1, 0.15) is 0 Å². The quantitative estimate of drug-likeness (QED) is 0.480. The van der Waals surface area contributed by atoms with Gasteiger partial charge in [-0.15, -0.1) is 10.2 Å². The van der Waals surface area contributed by atoms with E-state index in [0.717, 1.165) is 43.1 Å². The summed E-state index contributed by atoms with van der Waals surface area (Å²) in [5.74, 6) is 0.443. The molecular formula is C23H22N6O3. The molecule has 4 heterocycles. The van der Waals surface area contributed by atoms with Crippen LogP contribution in [0.15, 0.2) is 59.5 Å². The van der Waals surface area contributed by atoms with Crippen LogP contribution in [0.25, 0.3) is 16.7 Å². The van der Waals surface area contributed by atoms with Gasteiger partial charge < -0.3 is 19.5 Å². The second kappa shape index (κ2) is 8.27. The Bertz CT molecular complexity index is 1180. The van der Waals surface area contributed by atoms with Gasteiger partial charge in [0.2, 0.25) is 0 Å². The van der Waals surface area contributed by atoms with Crippen LogP contribution in [0, 0.1) is 0 Å². The number of imide groups is 1. The molecule has 9 nitrogen and oxygen atoms in total. The first-order chi connectivity index (χ1) is 15.6. The number of carbonyl (C=O) groups is 2. The van der Waals surface area contributed by atoms with Crippen LogP contribution in [0.4, 0.5) is 11.6 Å². The van der Waals surface area contributed by atoms with E-state index in [-0.39, 0.29) is 0 Å². The van der Waals surface area contributed by atoms with Crippen LogP contribution >= 0.6 is 0 Å². The number of aromatic nitrogens is 2. The van der Waals surface area contributed by atoms with Crippen LogP contribution in [0.5, 0.6) is 0 Å². The molecule has 2 aliphatic heterocycles. The lowest BCUT2D eigenvalue weighted by Crippen LogP contribution is -2.44. The van der Waals surface area contributed by atoms with Crippen LogP contribution in [0.3, 0.4) is 0 Å². The minimum atomic E-state index is -0.471. The zero-order valence-electron chi connectivity index (χ0n) is 17.5. The van der Waals surface area contributed by atoms with Gasteiger partial charge in [0.15, 0.2) is 11.6 Å². The van der Waals surface area contributed by atoms with E-state index in [0.29, 0.717) is 22.5 Å². The summed E-state index contributed by atoms with van der Waals surface area (Å²) in [6.07, 6.45) is 4.75. The maximum Gasteiger partial charge on any atom is 0.260 e. The van der Waals surface area contributed by atoms with Crippen molar-refractivity contribution in [1.82, 2.24) is 20.4 Å². The number of furan rings is 1. The average Bonchev–Trinajstić information content (AvgIpc) is 3.35. The Morgan fingerprint density at radius 2 is 1.81 bits per heavy atom. The normalized spacial score (nSPS) is 17.9. The van der Waals surface area contributed by atoms with Crippen molar-refractivity contribution in [2.75, 3.05) is 43.4 Å². The van der Waals surface area contributed by atoms with E-state index in [2.05, 4.69) is 37.7 Å². The molecule has 0 atom stereocenters. The van der Waals surface area contributed by atoms with E-state index in [1.807, 2.05) is 30.3 Å². The number of likely N-dealkylation sites (N-methyl/N-ethyl adjacent to an activating group) is 1. The molecule has 2 N–H and O–H groups in total. The number of anilines is 2. The standard InChI is InChI=1S/C23H22N6O3/c1-28-7-9-29(10-8-28)21-5-4-20(26-27-21)24-13-19-18-12-15(16-6-11-32-14-16)2-3-17(18)22(30)25-23(19)31/h2-6,11-14H,7-10H2,1H3,(H,24,26)(H,25,30,31)/b19-13-. The monoisotopic (exact) mass is 430 g/mol. The lowest BCUT2D eigenvalue weighted by molar-refractivity contribution is -0.114. The van der Waals surface area contributed by atoms with Crippen molar-refractivity contribution in [3.05, 3.63) is 66.3 Å². The first-order valence-electron chi connectivity index (χ1n) is 10.3. The van der Waals surface area contributed by atoms with Gasteiger partial charge >= 0.3 is 0 Å². The Kier molecular flexibility index (Phi) is 5.16. The van der Waals surface area contributed by atoms with Gasteiger partial charge in [-0.3, -0.25) is 14.9 Å². The number of hydrogen-bond acceptors (Lipinski definition) is 8. The summed E-state index contributed by atoms with van der Waals surface area (Å²) in [4.78, 5) is 29.3. The maximum atomic E-state index is 12.6. The second-order valence-electron chi connectivity index (χ2n) is 7.83. The molecule has 2 aromatic heterocycles. The molecule has 1 aromatic carbocycles. The van der Waals surface area contributed by atoms with Crippen LogP contribution in [-0.4, -0.2) is 60.1 Å². The molecule has 1 fully saturated rings. The van der Waals surface area contributed by atoms with E-state index in [9.17, 15) is 9.59 Å². The number of fused-ring (bicyclic) bond motifs is 1. The zero-order valence-corrected chi connectivity index (χ0v) is 17.5. The van der Waals surface area contributed by atoms with Gasteiger partial charge in [-0.2, -0.15) is 0 Å². The highest BCUT2D eigenvalue weighted by Gasteiger charge is 2.27. The smallest absolute Gasteiger partial charge is 0.260 e. The van der Waals surface area contributed by atoms with Crippen molar-refractivity contribution >= 4 is 29.0 Å². The van der Waals surface area contributed by atoms with Gasteiger partial charge in [-0.1, -0.05) is 6.07 Å². The van der Waals surface area contributed by atoms with Crippen LogP contribution in [0.2, 0.25) is 0 Å². The SMILES string of the molecule is CN1CCN(c2ccc(N/C=C3\C(=O)NC(=O)c4ccc(-c5ccoc5)cc43)nn2)CC1. The third-order valence-corrected chi connectivity index (χ3v) is 5.72. The third kappa shape index (κ3) is 3.85. The van der Waals surface area contributed by atoms with Crippen molar-refractivity contribution in [3.63, 3.8) is 0 Å². The fraction of sp³-hybridized carbons (Fsp3) is 0.217. The molecule has 0 saturated carbocycles. The Hall–Kier alpha value is -3.98. The van der Waals surface area contributed by atoms with Crippen molar-refractivity contribution in [2.24, 2.45) is 0 Å². The van der Waals surface area contributed by atoms with Gasteiger partial charge in [-0.25, -0.2) is 0 Å². The highest BCUT2D eigenvalue weighted by atomic mass is 16.3. The van der Waals surface area contributed by atoms with Gasteiger partial charge in [0.25, 0.3) is 11.8 Å². The Morgan fingerprint density at radius 3 is 2.53 bits per heavy atom. The molecule has 2 amide bonds. The first-order valence-corrected chi connectivity index (χ1v) is 10.3. The Morgan fingerprint density at radius 1 is 0.969 bits per heavy atom. The van der Waals surface area contributed by atoms with Gasteiger partial charge in [0, 0.05) is 49.1 Å². The Labute approximate surface area is 184 Å². The molecule has 162 valence electrons. The predicted octanol–water partition coefficient (Wildman–Crippen LogP) is 2.21. The van der Waals surface area contributed by atoms with Crippen LogP contribution < -0.4 is 15.5 Å². The van der Waals surface area contributed by atoms with E-state index < -0.39 is 11.8 Å². The van der Waals surface area contributed by atoms with Gasteiger partial charge in [0.05, 0.1) is 18.1 Å². The van der Waals surface area contributed by atoms with Crippen LogP contribution in [-0.2, 0) is 4.79 Å². The molecule has 5 rings (SSSR count). The summed E-state index contributed by atoms with van der Waals surface area (Å²) in [5.41, 5.74) is 3.04. The molecule has 3 aromatic rings. The number of piperazine rings is 1. The highest BCUT2D eigenvalue weighted by molar-refractivity contribution is 6.31. The molecule has 0 bridgehead atoms. The van der Waals surface area contributed by atoms with E-state index in [1.54, 1.807) is 24.8 Å². The largest absolute Gasteiger partial charge is 0.472 e. The van der Waals surface area contributed by atoms with E-state index in [1.165, 1.54) is 0 Å².